The van der Waals surface area contributed by atoms with E-state index >= 15 is 0 Å². The van der Waals surface area contributed by atoms with Crippen molar-refractivity contribution in [3.05, 3.63) is 35.4 Å². The molecule has 0 saturated carbocycles. The Balaban J connectivity index is 1.84. The lowest BCUT2D eigenvalue weighted by atomic mass is 10.1. The average Bonchev–Trinajstić information content (AvgIpc) is 2.77. The third kappa shape index (κ3) is 4.82. The SMILES string of the molecule is CN(C)Cc1ccc(CNC(=O)C2CCS(=O)(=O)C2)cc1. The zero-order valence-corrected chi connectivity index (χ0v) is 13.3. The molecule has 0 aliphatic carbocycles. The normalized spacial score (nSPS) is 20.6. The van der Waals surface area contributed by atoms with Crippen molar-refractivity contribution in [3.8, 4) is 0 Å². The average molecular weight is 310 g/mol. The van der Waals surface area contributed by atoms with Crippen LogP contribution in [0.15, 0.2) is 24.3 Å². The summed E-state index contributed by atoms with van der Waals surface area (Å²) in [5, 5.41) is 2.83. The van der Waals surface area contributed by atoms with E-state index in [2.05, 4.69) is 10.2 Å². The van der Waals surface area contributed by atoms with Crippen molar-refractivity contribution in [3.63, 3.8) is 0 Å². The van der Waals surface area contributed by atoms with E-state index in [0.717, 1.165) is 12.1 Å². The van der Waals surface area contributed by atoms with Crippen molar-refractivity contribution in [2.75, 3.05) is 25.6 Å². The van der Waals surface area contributed by atoms with Crippen LogP contribution in [0.4, 0.5) is 0 Å². The summed E-state index contributed by atoms with van der Waals surface area (Å²) >= 11 is 0. The molecule has 1 N–H and O–H groups in total. The summed E-state index contributed by atoms with van der Waals surface area (Å²) in [6.45, 7) is 1.32. The van der Waals surface area contributed by atoms with Crippen molar-refractivity contribution >= 4 is 15.7 Å². The van der Waals surface area contributed by atoms with Crippen molar-refractivity contribution < 1.29 is 13.2 Å². The lowest BCUT2D eigenvalue weighted by molar-refractivity contribution is -0.124. The lowest BCUT2D eigenvalue weighted by Gasteiger charge is -2.11. The minimum absolute atomic E-state index is 0.0133. The maximum Gasteiger partial charge on any atom is 0.224 e. The fourth-order valence-corrected chi connectivity index (χ4v) is 4.20. The van der Waals surface area contributed by atoms with Crippen molar-refractivity contribution in [2.45, 2.75) is 19.5 Å². The molecule has 1 fully saturated rings. The minimum atomic E-state index is -3.01. The van der Waals surface area contributed by atoms with E-state index in [1.807, 2.05) is 38.4 Å². The number of hydrogen-bond donors (Lipinski definition) is 1. The number of sulfone groups is 1. The van der Waals surface area contributed by atoms with Crippen molar-refractivity contribution in [1.29, 1.82) is 0 Å². The Morgan fingerprint density at radius 3 is 2.38 bits per heavy atom. The molecule has 2 rings (SSSR count). The molecule has 1 aliphatic rings. The van der Waals surface area contributed by atoms with Crippen LogP contribution in [0, 0.1) is 5.92 Å². The molecule has 1 aromatic carbocycles. The maximum absolute atomic E-state index is 11.9. The van der Waals surface area contributed by atoms with Crippen LogP contribution in [-0.4, -0.2) is 44.8 Å². The Kier molecular flexibility index (Phi) is 5.00. The largest absolute Gasteiger partial charge is 0.352 e. The first-order valence-corrected chi connectivity index (χ1v) is 8.88. The number of hydrogen-bond acceptors (Lipinski definition) is 4. The molecule has 5 nitrogen and oxygen atoms in total. The second-order valence-electron chi connectivity index (χ2n) is 5.87. The zero-order valence-electron chi connectivity index (χ0n) is 12.5. The number of carbonyl (C=O) groups excluding carboxylic acids is 1. The monoisotopic (exact) mass is 310 g/mol. The van der Waals surface area contributed by atoms with Crippen LogP contribution in [0.3, 0.4) is 0 Å². The first-order chi connectivity index (χ1) is 9.85. The third-order valence-electron chi connectivity index (χ3n) is 3.59. The number of nitrogens with one attached hydrogen (secondary N) is 1. The first kappa shape index (κ1) is 16.0. The van der Waals surface area contributed by atoms with Crippen molar-refractivity contribution in [2.24, 2.45) is 5.92 Å². The molecule has 116 valence electrons. The van der Waals surface area contributed by atoms with Gasteiger partial charge in [-0.25, -0.2) is 8.42 Å². The van der Waals surface area contributed by atoms with Gasteiger partial charge in [0.1, 0.15) is 0 Å². The third-order valence-corrected chi connectivity index (χ3v) is 5.36. The molecule has 1 unspecified atom stereocenters. The van der Waals surface area contributed by atoms with Crippen LogP contribution < -0.4 is 5.32 Å². The summed E-state index contributed by atoms with van der Waals surface area (Å²) in [5.41, 5.74) is 2.24. The van der Waals surface area contributed by atoms with Gasteiger partial charge in [0.25, 0.3) is 0 Å². The fraction of sp³-hybridized carbons (Fsp3) is 0.533. The van der Waals surface area contributed by atoms with E-state index < -0.39 is 9.84 Å². The predicted octanol–water partition coefficient (Wildman–Crippen LogP) is 0.799. The number of benzene rings is 1. The quantitative estimate of drug-likeness (QED) is 0.873. The molecule has 0 radical (unpaired) electrons. The van der Waals surface area contributed by atoms with Gasteiger partial charge in [0.05, 0.1) is 17.4 Å². The Hall–Kier alpha value is -1.40. The molecule has 0 spiro atoms. The van der Waals surface area contributed by atoms with E-state index in [9.17, 15) is 13.2 Å². The van der Waals surface area contributed by atoms with Gasteiger partial charge in [0.15, 0.2) is 9.84 Å². The molecule has 1 atom stereocenters. The van der Waals surface area contributed by atoms with Gasteiger partial charge in [-0.15, -0.1) is 0 Å². The smallest absolute Gasteiger partial charge is 0.224 e. The zero-order chi connectivity index (χ0) is 15.5. The molecule has 1 amide bonds. The van der Waals surface area contributed by atoms with Gasteiger partial charge in [-0.05, 0) is 31.6 Å². The molecule has 0 bridgehead atoms. The van der Waals surface area contributed by atoms with E-state index in [1.165, 1.54) is 5.56 Å². The molecule has 1 heterocycles. The number of carbonyl (C=O) groups is 1. The van der Waals surface area contributed by atoms with Crippen LogP contribution in [0.2, 0.25) is 0 Å². The number of nitrogens with zero attached hydrogens (tertiary/aromatic N) is 1. The van der Waals surface area contributed by atoms with Gasteiger partial charge in [-0.2, -0.15) is 0 Å². The minimum Gasteiger partial charge on any atom is -0.352 e. The van der Waals surface area contributed by atoms with Crippen LogP contribution in [-0.2, 0) is 27.7 Å². The topological polar surface area (TPSA) is 66.5 Å². The molecule has 1 aromatic rings. The summed E-state index contributed by atoms with van der Waals surface area (Å²) in [4.78, 5) is 14.0. The molecule has 1 aliphatic heterocycles. The molecular weight excluding hydrogens is 288 g/mol. The van der Waals surface area contributed by atoms with Crippen LogP contribution >= 0.6 is 0 Å². The Morgan fingerprint density at radius 2 is 1.86 bits per heavy atom. The molecule has 1 saturated heterocycles. The Morgan fingerprint density at radius 1 is 1.24 bits per heavy atom. The fourth-order valence-electron chi connectivity index (χ4n) is 2.46. The maximum atomic E-state index is 11.9. The van der Waals surface area contributed by atoms with Gasteiger partial charge in [-0.3, -0.25) is 4.79 Å². The lowest BCUT2D eigenvalue weighted by Crippen LogP contribution is -2.30. The Labute approximate surface area is 126 Å². The summed E-state index contributed by atoms with van der Waals surface area (Å²) in [6, 6.07) is 8.07. The second-order valence-corrected chi connectivity index (χ2v) is 8.10. The highest BCUT2D eigenvalue weighted by Crippen LogP contribution is 2.18. The Bertz CT molecular complexity index is 594. The van der Waals surface area contributed by atoms with Gasteiger partial charge in [0.2, 0.25) is 5.91 Å². The summed E-state index contributed by atoms with van der Waals surface area (Å²) in [5.74, 6) is -0.429. The second kappa shape index (κ2) is 6.58. The van der Waals surface area contributed by atoms with E-state index in [1.54, 1.807) is 0 Å². The van der Waals surface area contributed by atoms with Crippen LogP contribution in [0.5, 0.6) is 0 Å². The highest BCUT2D eigenvalue weighted by atomic mass is 32.2. The van der Waals surface area contributed by atoms with E-state index in [4.69, 9.17) is 0 Å². The summed E-state index contributed by atoms with van der Waals surface area (Å²) < 4.78 is 22.7. The standard InChI is InChI=1S/C15H22N2O3S/c1-17(2)10-13-5-3-12(4-6-13)9-16-15(18)14-7-8-21(19,20)11-14/h3-6,14H,7-11H2,1-2H3,(H,16,18). The van der Waals surface area contributed by atoms with Crippen molar-refractivity contribution in [1.82, 2.24) is 10.2 Å². The molecule has 21 heavy (non-hydrogen) atoms. The van der Waals surface area contributed by atoms with Gasteiger partial charge >= 0.3 is 0 Å². The number of rotatable bonds is 5. The molecule has 0 aromatic heterocycles. The highest BCUT2D eigenvalue weighted by Gasteiger charge is 2.32. The summed E-state index contributed by atoms with van der Waals surface area (Å²) in [7, 11) is 1.03. The van der Waals surface area contributed by atoms with E-state index in [-0.39, 0.29) is 23.3 Å². The van der Waals surface area contributed by atoms with Crippen LogP contribution in [0.25, 0.3) is 0 Å². The van der Waals surface area contributed by atoms with Gasteiger partial charge < -0.3 is 10.2 Å². The molecular formula is C15H22N2O3S. The summed E-state index contributed by atoms with van der Waals surface area (Å²) in [6.07, 6.45) is 0.440. The number of amides is 1. The van der Waals surface area contributed by atoms with Gasteiger partial charge in [0, 0.05) is 13.1 Å². The van der Waals surface area contributed by atoms with E-state index in [0.29, 0.717) is 13.0 Å². The van der Waals surface area contributed by atoms with Crippen LogP contribution in [0.1, 0.15) is 17.5 Å². The van der Waals surface area contributed by atoms with Gasteiger partial charge in [-0.1, -0.05) is 24.3 Å². The highest BCUT2D eigenvalue weighted by molar-refractivity contribution is 7.91. The predicted molar refractivity (Wildman–Crippen MR) is 82.4 cm³/mol. The molecule has 6 heteroatoms. The first-order valence-electron chi connectivity index (χ1n) is 7.06.